The number of hydrogen-bond acceptors (Lipinski definition) is 4. The molecule has 0 radical (unpaired) electrons. The van der Waals surface area contributed by atoms with Crippen LogP contribution in [0.2, 0.25) is 0 Å². The molecule has 4 nitrogen and oxygen atoms in total. The van der Waals surface area contributed by atoms with Crippen LogP contribution in [0.25, 0.3) is 0 Å². The third-order valence-corrected chi connectivity index (χ3v) is 2.07. The highest BCUT2D eigenvalue weighted by Gasteiger charge is 2.11. The third-order valence-electron chi connectivity index (χ3n) is 2.07. The Morgan fingerprint density at radius 3 is 2.81 bits per heavy atom. The molecule has 1 heterocycles. The van der Waals surface area contributed by atoms with Crippen molar-refractivity contribution in [2.24, 2.45) is 0 Å². The van der Waals surface area contributed by atoms with Gasteiger partial charge in [-0.15, -0.1) is 6.58 Å². The number of anilines is 1. The molecule has 0 aliphatic carbocycles. The Hall–Kier alpha value is -1.29. The number of likely N-dealkylation sites (N-methyl/N-ethyl adjacent to an activating group) is 1. The van der Waals surface area contributed by atoms with Gasteiger partial charge in [-0.1, -0.05) is 6.08 Å². The predicted molar refractivity (Wildman–Crippen MR) is 66.6 cm³/mol. The van der Waals surface area contributed by atoms with Gasteiger partial charge in [0.15, 0.2) is 0 Å². The zero-order valence-corrected chi connectivity index (χ0v) is 10.6. The van der Waals surface area contributed by atoms with E-state index in [1.54, 1.807) is 6.26 Å². The minimum Gasteiger partial charge on any atom is -0.432 e. The molecule has 0 aliphatic heterocycles. The summed E-state index contributed by atoms with van der Waals surface area (Å²) in [4.78, 5) is 6.29. The van der Waals surface area contributed by atoms with Crippen molar-refractivity contribution in [3.63, 3.8) is 0 Å². The fourth-order valence-electron chi connectivity index (χ4n) is 1.18. The lowest BCUT2D eigenvalue weighted by Crippen LogP contribution is -2.35. The van der Waals surface area contributed by atoms with E-state index < -0.39 is 0 Å². The van der Waals surface area contributed by atoms with Gasteiger partial charge in [0, 0.05) is 25.7 Å². The highest BCUT2D eigenvalue weighted by Crippen LogP contribution is 2.12. The molecule has 1 aromatic heterocycles. The standard InChI is InChI=1S/C12H21N3O/c1-6-7-15(5)11-14-10(9-16-11)8-13-12(2,3)4/h6,9,13H,1,7-8H2,2-5H3. The first-order chi connectivity index (χ1) is 7.42. The summed E-state index contributed by atoms with van der Waals surface area (Å²) in [5.74, 6) is 0. The maximum atomic E-state index is 5.37. The molecule has 1 aromatic rings. The Kier molecular flexibility index (Phi) is 4.12. The minimum atomic E-state index is 0.0894. The topological polar surface area (TPSA) is 41.3 Å². The SMILES string of the molecule is C=CCN(C)c1nc(CNC(C)(C)C)co1. The number of hydrogen-bond donors (Lipinski definition) is 1. The molecule has 1 rings (SSSR count). The van der Waals surface area contributed by atoms with Crippen LogP contribution in [-0.4, -0.2) is 24.1 Å². The number of oxazole rings is 1. The molecule has 1 N–H and O–H groups in total. The summed E-state index contributed by atoms with van der Waals surface area (Å²) >= 11 is 0. The molecule has 0 spiro atoms. The van der Waals surface area contributed by atoms with Gasteiger partial charge < -0.3 is 14.6 Å². The van der Waals surface area contributed by atoms with E-state index in [0.29, 0.717) is 6.01 Å². The average Bonchev–Trinajstić information content (AvgIpc) is 2.62. The lowest BCUT2D eigenvalue weighted by atomic mass is 10.1. The van der Waals surface area contributed by atoms with Crippen molar-refractivity contribution in [2.45, 2.75) is 32.9 Å². The second-order valence-corrected chi connectivity index (χ2v) is 4.89. The van der Waals surface area contributed by atoms with Crippen LogP contribution >= 0.6 is 0 Å². The van der Waals surface area contributed by atoms with Crippen LogP contribution in [0.1, 0.15) is 26.5 Å². The smallest absolute Gasteiger partial charge is 0.297 e. The van der Waals surface area contributed by atoms with Gasteiger partial charge in [0.1, 0.15) is 6.26 Å². The Morgan fingerprint density at radius 2 is 2.25 bits per heavy atom. The lowest BCUT2D eigenvalue weighted by molar-refractivity contribution is 0.421. The molecule has 0 fully saturated rings. The van der Waals surface area contributed by atoms with Crippen molar-refractivity contribution >= 4 is 6.01 Å². The summed E-state index contributed by atoms with van der Waals surface area (Å²) < 4.78 is 5.37. The maximum Gasteiger partial charge on any atom is 0.297 e. The average molecular weight is 223 g/mol. The summed E-state index contributed by atoms with van der Waals surface area (Å²) in [6.07, 6.45) is 3.50. The van der Waals surface area contributed by atoms with Gasteiger partial charge in [0.05, 0.1) is 5.69 Å². The maximum absolute atomic E-state index is 5.37. The quantitative estimate of drug-likeness (QED) is 0.777. The summed E-state index contributed by atoms with van der Waals surface area (Å²) in [5.41, 5.74) is 1.01. The van der Waals surface area contributed by atoms with Crippen LogP contribution < -0.4 is 10.2 Å². The second-order valence-electron chi connectivity index (χ2n) is 4.89. The third kappa shape index (κ3) is 4.06. The van der Waals surface area contributed by atoms with Gasteiger partial charge in [-0.3, -0.25) is 0 Å². The van der Waals surface area contributed by atoms with E-state index in [0.717, 1.165) is 18.8 Å². The second kappa shape index (κ2) is 5.16. The van der Waals surface area contributed by atoms with Crippen molar-refractivity contribution in [1.82, 2.24) is 10.3 Å². The van der Waals surface area contributed by atoms with Crippen LogP contribution in [-0.2, 0) is 6.54 Å². The molecule has 0 amide bonds. The molecule has 0 bridgehead atoms. The van der Waals surface area contributed by atoms with Crippen molar-refractivity contribution in [1.29, 1.82) is 0 Å². The Labute approximate surface area is 97.3 Å². The van der Waals surface area contributed by atoms with E-state index in [4.69, 9.17) is 4.42 Å². The molecule has 0 unspecified atom stereocenters. The molecule has 0 aromatic carbocycles. The highest BCUT2D eigenvalue weighted by atomic mass is 16.4. The van der Waals surface area contributed by atoms with Gasteiger partial charge in [0.2, 0.25) is 0 Å². The predicted octanol–water partition coefficient (Wildman–Crippen LogP) is 2.18. The van der Waals surface area contributed by atoms with Crippen LogP contribution in [0.15, 0.2) is 23.3 Å². The van der Waals surface area contributed by atoms with Crippen molar-refractivity contribution in [3.8, 4) is 0 Å². The van der Waals surface area contributed by atoms with Crippen molar-refractivity contribution in [3.05, 3.63) is 24.6 Å². The lowest BCUT2D eigenvalue weighted by Gasteiger charge is -2.19. The zero-order chi connectivity index (χ0) is 12.2. The van der Waals surface area contributed by atoms with Gasteiger partial charge >= 0.3 is 0 Å². The molecule has 4 heteroatoms. The molecule has 0 aliphatic rings. The Morgan fingerprint density at radius 1 is 1.56 bits per heavy atom. The van der Waals surface area contributed by atoms with Gasteiger partial charge in [-0.05, 0) is 20.8 Å². The normalized spacial score (nSPS) is 11.5. The number of aromatic nitrogens is 1. The summed E-state index contributed by atoms with van der Waals surface area (Å²) in [5, 5.41) is 3.36. The van der Waals surface area contributed by atoms with Crippen LogP contribution in [0, 0.1) is 0 Å². The van der Waals surface area contributed by atoms with Crippen molar-refractivity contribution in [2.75, 3.05) is 18.5 Å². The summed E-state index contributed by atoms with van der Waals surface area (Å²) in [6, 6.07) is 0.630. The van der Waals surface area contributed by atoms with E-state index in [2.05, 4.69) is 37.7 Å². The molecular formula is C12H21N3O. The molecule has 16 heavy (non-hydrogen) atoms. The van der Waals surface area contributed by atoms with E-state index in [1.807, 2.05) is 18.0 Å². The fraction of sp³-hybridized carbons (Fsp3) is 0.583. The van der Waals surface area contributed by atoms with E-state index in [-0.39, 0.29) is 5.54 Å². The van der Waals surface area contributed by atoms with Crippen LogP contribution in [0.5, 0.6) is 0 Å². The summed E-state index contributed by atoms with van der Waals surface area (Å²) in [7, 11) is 1.93. The van der Waals surface area contributed by atoms with Crippen molar-refractivity contribution < 1.29 is 4.42 Å². The van der Waals surface area contributed by atoms with Gasteiger partial charge in [0.25, 0.3) is 6.01 Å². The van der Waals surface area contributed by atoms with Gasteiger partial charge in [-0.2, -0.15) is 4.98 Å². The molecule has 0 atom stereocenters. The molecule has 90 valence electrons. The number of rotatable bonds is 5. The summed E-state index contributed by atoms with van der Waals surface area (Å²) in [6.45, 7) is 11.5. The largest absolute Gasteiger partial charge is 0.432 e. The first-order valence-corrected chi connectivity index (χ1v) is 5.44. The Bertz CT molecular complexity index is 338. The van der Waals surface area contributed by atoms with E-state index >= 15 is 0 Å². The van der Waals surface area contributed by atoms with Crippen LogP contribution in [0.3, 0.4) is 0 Å². The number of nitrogens with one attached hydrogen (secondary N) is 1. The molecule has 0 saturated heterocycles. The number of nitrogens with zero attached hydrogens (tertiary/aromatic N) is 2. The van der Waals surface area contributed by atoms with Gasteiger partial charge in [-0.25, -0.2) is 0 Å². The highest BCUT2D eigenvalue weighted by molar-refractivity contribution is 5.26. The zero-order valence-electron chi connectivity index (χ0n) is 10.6. The first-order valence-electron chi connectivity index (χ1n) is 5.44. The Balaban J connectivity index is 2.54. The fourth-order valence-corrected chi connectivity index (χ4v) is 1.18. The first kappa shape index (κ1) is 12.8. The van der Waals surface area contributed by atoms with E-state index in [1.165, 1.54) is 0 Å². The molecule has 0 saturated carbocycles. The molecular weight excluding hydrogens is 202 g/mol. The monoisotopic (exact) mass is 223 g/mol. The minimum absolute atomic E-state index is 0.0894. The van der Waals surface area contributed by atoms with Crippen LogP contribution in [0.4, 0.5) is 6.01 Å². The van der Waals surface area contributed by atoms with E-state index in [9.17, 15) is 0 Å².